The molecule has 0 N–H and O–H groups in total. The van der Waals surface area contributed by atoms with E-state index in [4.69, 9.17) is 0 Å². The van der Waals surface area contributed by atoms with Crippen molar-refractivity contribution in [3.8, 4) is 0 Å². The van der Waals surface area contributed by atoms with Crippen molar-refractivity contribution in [2.24, 2.45) is 5.41 Å². The van der Waals surface area contributed by atoms with Gasteiger partial charge in [0, 0.05) is 32.4 Å². The molecule has 0 atom stereocenters. The number of aromatic nitrogens is 1. The molecule has 0 aromatic carbocycles. The maximum Gasteiger partial charge on any atom is 0.263 e. The van der Waals surface area contributed by atoms with Gasteiger partial charge >= 0.3 is 0 Å². The van der Waals surface area contributed by atoms with Gasteiger partial charge in [0.25, 0.3) is 5.91 Å². The Kier molecular flexibility index (Phi) is 4.27. The summed E-state index contributed by atoms with van der Waals surface area (Å²) in [5.74, 6) is 0.221. The van der Waals surface area contributed by atoms with Gasteiger partial charge < -0.3 is 9.80 Å². The first kappa shape index (κ1) is 15.6. The van der Waals surface area contributed by atoms with Gasteiger partial charge in [-0.15, -0.1) is 11.3 Å². The Morgan fingerprint density at radius 1 is 1.12 bits per heavy atom. The fraction of sp³-hybridized carbons (Fsp3) is 0.474. The molecule has 4 rings (SSSR count). The van der Waals surface area contributed by atoms with Gasteiger partial charge in [-0.1, -0.05) is 6.07 Å². The monoisotopic (exact) mass is 341 g/mol. The fourth-order valence-corrected chi connectivity index (χ4v) is 4.82. The summed E-state index contributed by atoms with van der Waals surface area (Å²) in [4.78, 5) is 22.3. The Labute approximate surface area is 147 Å². The minimum Gasteiger partial charge on any atom is -0.370 e. The van der Waals surface area contributed by atoms with E-state index in [0.717, 1.165) is 50.3 Å². The van der Waals surface area contributed by atoms with Crippen molar-refractivity contribution >= 4 is 22.9 Å². The summed E-state index contributed by atoms with van der Waals surface area (Å²) in [7, 11) is 0. The molecule has 2 saturated heterocycles. The largest absolute Gasteiger partial charge is 0.370 e. The minimum atomic E-state index is 0.221. The number of carbonyl (C=O) groups excluding carboxylic acids is 1. The number of amides is 1. The topological polar surface area (TPSA) is 36.4 Å². The lowest BCUT2D eigenvalue weighted by Crippen LogP contribution is -2.51. The summed E-state index contributed by atoms with van der Waals surface area (Å²) in [6, 6.07) is 8.05. The van der Waals surface area contributed by atoms with Crippen molar-refractivity contribution in [1.82, 2.24) is 9.88 Å². The van der Waals surface area contributed by atoms with Crippen LogP contribution in [0.25, 0.3) is 0 Å². The van der Waals surface area contributed by atoms with Crippen LogP contribution in [0, 0.1) is 5.41 Å². The highest BCUT2D eigenvalue weighted by atomic mass is 32.1. The first-order chi connectivity index (χ1) is 11.8. The number of carbonyl (C=O) groups is 1. The molecule has 126 valence electrons. The summed E-state index contributed by atoms with van der Waals surface area (Å²) >= 11 is 1.55. The summed E-state index contributed by atoms with van der Waals surface area (Å²) in [5.41, 5.74) is 1.53. The van der Waals surface area contributed by atoms with Gasteiger partial charge in [-0.25, -0.2) is 0 Å². The molecule has 0 bridgehead atoms. The molecule has 2 aromatic rings. The Bertz CT molecular complexity index is 678. The number of anilines is 1. The Morgan fingerprint density at radius 3 is 2.71 bits per heavy atom. The number of likely N-dealkylation sites (tertiary alicyclic amines) is 1. The highest BCUT2D eigenvalue weighted by Gasteiger charge is 2.40. The van der Waals surface area contributed by atoms with Crippen LogP contribution < -0.4 is 4.90 Å². The molecular weight excluding hydrogens is 318 g/mol. The second-order valence-corrected chi connectivity index (χ2v) is 7.95. The zero-order valence-electron chi connectivity index (χ0n) is 13.9. The predicted molar refractivity (Wildman–Crippen MR) is 97.6 cm³/mol. The predicted octanol–water partition coefficient (Wildman–Crippen LogP) is 3.67. The van der Waals surface area contributed by atoms with E-state index in [1.807, 2.05) is 36.0 Å². The van der Waals surface area contributed by atoms with Crippen molar-refractivity contribution in [3.05, 3.63) is 46.9 Å². The summed E-state index contributed by atoms with van der Waals surface area (Å²) in [6.07, 6.45) is 8.48. The highest BCUT2D eigenvalue weighted by Crippen LogP contribution is 2.41. The number of pyridine rings is 1. The summed E-state index contributed by atoms with van der Waals surface area (Å²) in [5, 5.41) is 1.99. The number of hydrogen-bond acceptors (Lipinski definition) is 4. The van der Waals surface area contributed by atoms with E-state index in [2.05, 4.69) is 20.9 Å². The molecule has 0 aliphatic carbocycles. The first-order valence-corrected chi connectivity index (χ1v) is 9.62. The van der Waals surface area contributed by atoms with Gasteiger partial charge in [-0.2, -0.15) is 0 Å². The van der Waals surface area contributed by atoms with Crippen LogP contribution >= 0.6 is 11.3 Å². The van der Waals surface area contributed by atoms with Gasteiger partial charge in [-0.05, 0) is 54.7 Å². The van der Waals surface area contributed by atoms with Crippen LogP contribution in [0.4, 0.5) is 5.69 Å². The van der Waals surface area contributed by atoms with Gasteiger partial charge in [0.15, 0.2) is 0 Å². The average molecular weight is 341 g/mol. The molecule has 1 amide bonds. The van der Waals surface area contributed by atoms with Crippen LogP contribution in [0.5, 0.6) is 0 Å². The molecule has 1 spiro atoms. The van der Waals surface area contributed by atoms with E-state index in [1.54, 1.807) is 11.3 Å². The Balaban J connectivity index is 1.42. The van der Waals surface area contributed by atoms with E-state index >= 15 is 0 Å². The van der Waals surface area contributed by atoms with E-state index in [1.165, 1.54) is 12.1 Å². The van der Waals surface area contributed by atoms with Gasteiger partial charge in [0.05, 0.1) is 16.8 Å². The second kappa shape index (κ2) is 6.55. The van der Waals surface area contributed by atoms with Crippen molar-refractivity contribution < 1.29 is 4.79 Å². The Morgan fingerprint density at radius 2 is 2.00 bits per heavy atom. The van der Waals surface area contributed by atoms with Crippen LogP contribution in [-0.2, 0) is 0 Å². The average Bonchev–Trinajstić information content (AvgIpc) is 3.17. The molecule has 5 heteroatoms. The highest BCUT2D eigenvalue weighted by molar-refractivity contribution is 7.12. The lowest BCUT2D eigenvalue weighted by molar-refractivity contribution is 0.0438. The molecule has 4 nitrogen and oxygen atoms in total. The second-order valence-electron chi connectivity index (χ2n) is 7.01. The quantitative estimate of drug-likeness (QED) is 0.836. The van der Waals surface area contributed by atoms with E-state index in [9.17, 15) is 4.79 Å². The van der Waals surface area contributed by atoms with Crippen molar-refractivity contribution in [3.63, 3.8) is 0 Å². The number of nitrogens with zero attached hydrogens (tertiary/aromatic N) is 3. The zero-order valence-corrected chi connectivity index (χ0v) is 14.7. The number of rotatable bonds is 2. The number of thiophene rings is 1. The Hall–Kier alpha value is -1.88. The molecule has 0 radical (unpaired) electrons. The van der Waals surface area contributed by atoms with E-state index in [0.29, 0.717) is 5.41 Å². The molecule has 0 saturated carbocycles. The number of hydrogen-bond donors (Lipinski definition) is 0. The first-order valence-electron chi connectivity index (χ1n) is 8.74. The van der Waals surface area contributed by atoms with E-state index < -0.39 is 0 Å². The fourth-order valence-electron chi connectivity index (χ4n) is 4.13. The SMILES string of the molecule is O=C(c1cccs1)N1CCCC2(CCN(c3cccnc3)CC2)C1. The standard InChI is InChI=1S/C19H23N3OS/c23-18(17-5-2-13-24-17)22-10-3-6-19(15-22)7-11-21(12-8-19)16-4-1-9-20-14-16/h1-2,4-5,9,13-14H,3,6-8,10-12,15H2. The van der Waals surface area contributed by atoms with Crippen LogP contribution in [-0.4, -0.2) is 42.0 Å². The summed E-state index contributed by atoms with van der Waals surface area (Å²) < 4.78 is 0. The molecule has 0 unspecified atom stereocenters. The molecule has 24 heavy (non-hydrogen) atoms. The van der Waals surface area contributed by atoms with Crippen LogP contribution in [0.1, 0.15) is 35.4 Å². The minimum absolute atomic E-state index is 0.221. The van der Waals surface area contributed by atoms with Crippen molar-refractivity contribution in [1.29, 1.82) is 0 Å². The molecule has 2 aliphatic rings. The normalized spacial score (nSPS) is 20.3. The molecule has 4 heterocycles. The number of piperidine rings is 2. The van der Waals surface area contributed by atoms with Crippen molar-refractivity contribution in [2.45, 2.75) is 25.7 Å². The van der Waals surface area contributed by atoms with Gasteiger partial charge in [0.2, 0.25) is 0 Å². The lowest BCUT2D eigenvalue weighted by atomic mass is 9.72. The third-order valence-electron chi connectivity index (χ3n) is 5.52. The molecule has 2 aliphatic heterocycles. The zero-order chi connectivity index (χ0) is 16.4. The van der Waals surface area contributed by atoms with Crippen molar-refractivity contribution in [2.75, 3.05) is 31.1 Å². The smallest absolute Gasteiger partial charge is 0.263 e. The van der Waals surface area contributed by atoms with Crippen LogP contribution in [0.2, 0.25) is 0 Å². The molecule has 2 fully saturated rings. The van der Waals surface area contributed by atoms with Crippen LogP contribution in [0.3, 0.4) is 0 Å². The maximum atomic E-state index is 12.7. The summed E-state index contributed by atoms with van der Waals surface area (Å²) in [6.45, 7) is 3.95. The van der Waals surface area contributed by atoms with Crippen LogP contribution in [0.15, 0.2) is 42.0 Å². The van der Waals surface area contributed by atoms with E-state index in [-0.39, 0.29) is 5.91 Å². The third kappa shape index (κ3) is 3.05. The maximum absolute atomic E-state index is 12.7. The third-order valence-corrected chi connectivity index (χ3v) is 6.37. The molecular formula is C19H23N3OS. The van der Waals surface area contributed by atoms with Gasteiger partial charge in [-0.3, -0.25) is 9.78 Å². The lowest BCUT2D eigenvalue weighted by Gasteiger charge is -2.48. The molecule has 2 aromatic heterocycles. The van der Waals surface area contributed by atoms with Gasteiger partial charge in [0.1, 0.15) is 0 Å².